The summed E-state index contributed by atoms with van der Waals surface area (Å²) < 4.78 is 73.7. The average Bonchev–Trinajstić information content (AvgIpc) is 3.37. The van der Waals surface area contributed by atoms with E-state index in [1.807, 2.05) is 20.8 Å². The minimum Gasteiger partial charge on any atom is -0.390 e. The Morgan fingerprint density at radius 2 is 1.40 bits per heavy atom. The van der Waals surface area contributed by atoms with Crippen molar-refractivity contribution in [3.05, 3.63) is 0 Å². The van der Waals surface area contributed by atoms with Crippen molar-refractivity contribution >= 4 is 10.4 Å². The molecule has 0 amide bonds. The second-order valence-electron chi connectivity index (χ2n) is 19.7. The van der Waals surface area contributed by atoms with Crippen LogP contribution < -0.4 is 0 Å². The number of rotatable bonds is 15. The van der Waals surface area contributed by atoms with Crippen LogP contribution in [0.2, 0.25) is 0 Å². The fraction of sp³-hybridized carbons (Fsp3) is 1.00. The summed E-state index contributed by atoms with van der Waals surface area (Å²) in [5.74, 6) is -2.51. The highest BCUT2D eigenvalue weighted by Crippen LogP contribution is 2.70. The fourth-order valence-electron chi connectivity index (χ4n) is 13.2. The SMILES string of the molecule is CO[C@H]1[C@H](O[C@H]2[C@H](OCC[C@@H](CC[C@@H](C)[C@H]3[C@@H](O)[C@@H](O)C4[C@]5(O)C[C@H](OS(=O)(=O)O)C6[C@@H](O)[C@@H](O)CC[C@]6(C)C5CC[C@@]43C)C(C)C)OC[C@@H](O)[C@@H]2O)OC[C@@H](OC)[C@@H]1O. The van der Waals surface area contributed by atoms with Gasteiger partial charge >= 0.3 is 10.4 Å². The molecular weight excluding hydrogens is 812 g/mol. The van der Waals surface area contributed by atoms with Crippen LogP contribution in [-0.4, -0.2) is 173 Å². The molecule has 60 heavy (non-hydrogen) atoms. The third-order valence-corrected chi connectivity index (χ3v) is 16.6. The second kappa shape index (κ2) is 18.7. The number of hydrogen-bond acceptors (Lipinski definition) is 17. The molecule has 2 aliphatic heterocycles. The summed E-state index contributed by atoms with van der Waals surface area (Å²) in [5, 5.41) is 90.5. The first-order valence-electron chi connectivity index (χ1n) is 21.7. The van der Waals surface area contributed by atoms with E-state index in [2.05, 4.69) is 13.8 Å². The summed E-state index contributed by atoms with van der Waals surface area (Å²) >= 11 is 0. The predicted octanol–water partition coefficient (Wildman–Crippen LogP) is 0.137. The van der Waals surface area contributed by atoms with Crippen LogP contribution in [0.25, 0.3) is 0 Å². The Kier molecular flexibility index (Phi) is 15.2. The van der Waals surface area contributed by atoms with Gasteiger partial charge in [-0.2, -0.15) is 8.42 Å². The minimum atomic E-state index is -5.03. The van der Waals surface area contributed by atoms with Gasteiger partial charge in [0.2, 0.25) is 0 Å². The first-order chi connectivity index (χ1) is 28.0. The van der Waals surface area contributed by atoms with Crippen LogP contribution in [0.4, 0.5) is 0 Å². The maximum atomic E-state index is 12.9. The van der Waals surface area contributed by atoms with E-state index >= 15 is 0 Å². The lowest BCUT2D eigenvalue weighted by atomic mass is 9.41. The molecule has 2 heterocycles. The molecule has 2 saturated heterocycles. The molecule has 22 atom stereocenters. The molecule has 3 unspecified atom stereocenters. The number of ether oxygens (including phenoxy) is 6. The van der Waals surface area contributed by atoms with E-state index in [4.69, 9.17) is 32.6 Å². The number of fused-ring (bicyclic) bond motifs is 5. The van der Waals surface area contributed by atoms with E-state index in [1.54, 1.807) is 0 Å². The number of hydrogen-bond donors (Lipinski definition) is 9. The average molecular weight is 885 g/mol. The van der Waals surface area contributed by atoms with Crippen LogP contribution in [0.1, 0.15) is 86.0 Å². The van der Waals surface area contributed by atoms with Gasteiger partial charge in [0.15, 0.2) is 12.6 Å². The summed E-state index contributed by atoms with van der Waals surface area (Å²) in [6, 6.07) is 0. The number of methoxy groups -OCH3 is 2. The van der Waals surface area contributed by atoms with Crippen molar-refractivity contribution in [2.75, 3.05) is 34.0 Å². The topological polar surface area (TPSA) is 281 Å². The smallest absolute Gasteiger partial charge is 0.390 e. The normalized spacial score (nSPS) is 49.5. The zero-order chi connectivity index (χ0) is 44.3. The zero-order valence-electron chi connectivity index (χ0n) is 35.9. The van der Waals surface area contributed by atoms with Crippen molar-refractivity contribution in [1.82, 2.24) is 0 Å². The fourth-order valence-corrected chi connectivity index (χ4v) is 13.7. The summed E-state index contributed by atoms with van der Waals surface area (Å²) in [5.41, 5.74) is -3.42. The molecule has 0 radical (unpaired) electrons. The molecule has 4 aliphatic carbocycles. The highest BCUT2D eigenvalue weighted by molar-refractivity contribution is 7.80. The zero-order valence-corrected chi connectivity index (χ0v) is 36.7. The van der Waals surface area contributed by atoms with E-state index in [1.165, 1.54) is 14.2 Å². The molecule has 0 aromatic carbocycles. The first kappa shape index (κ1) is 48.8. The van der Waals surface area contributed by atoms with E-state index < -0.39 is 130 Å². The third-order valence-electron chi connectivity index (χ3n) is 16.1. The van der Waals surface area contributed by atoms with Gasteiger partial charge in [0.1, 0.15) is 36.6 Å². The monoisotopic (exact) mass is 884 g/mol. The van der Waals surface area contributed by atoms with Crippen LogP contribution in [0.15, 0.2) is 0 Å². The van der Waals surface area contributed by atoms with Gasteiger partial charge in [-0.05, 0) is 78.9 Å². The standard InChI is InChI=1S/C41H72O18S/c1-19(2)21(12-15-55-37-35(30(45)23(43)17-56-37)58-38-34(54-7)31(46)25(53-6)18-57-38)9-8-20(3)27-32(47)33(48)36-40(27,5)14-11-26-39(4)13-10-22(42)29(44)28(39)24(16-41(26,36)49)59-60(50,51)52/h19-38,42-49H,8-18H2,1-7H3,(H,50,51,52)/t20-,21-,22+,23-,24+,25-,26?,27+,28?,29+,30+,31+,32-,33-,34-,35-,36?,37-,38+,39-,40-,41+/m1/s1. The Bertz CT molecular complexity index is 1540. The molecular formula is C41H72O18S. The van der Waals surface area contributed by atoms with Crippen molar-refractivity contribution in [2.45, 2.75) is 171 Å². The quantitative estimate of drug-likeness (QED) is 0.0989. The molecule has 0 aromatic rings. The van der Waals surface area contributed by atoms with Gasteiger partial charge in [-0.15, -0.1) is 0 Å². The van der Waals surface area contributed by atoms with Crippen LogP contribution in [-0.2, 0) is 43.0 Å². The summed E-state index contributed by atoms with van der Waals surface area (Å²) in [7, 11) is -2.20. The van der Waals surface area contributed by atoms with Gasteiger partial charge in [-0.25, -0.2) is 4.18 Å². The van der Waals surface area contributed by atoms with Gasteiger partial charge in [0.25, 0.3) is 0 Å². The molecule has 19 heteroatoms. The third kappa shape index (κ3) is 8.97. The maximum Gasteiger partial charge on any atom is 0.397 e. The van der Waals surface area contributed by atoms with Crippen molar-refractivity contribution < 1.29 is 86.4 Å². The second-order valence-corrected chi connectivity index (χ2v) is 20.8. The molecule has 6 rings (SSSR count). The molecule has 0 bridgehead atoms. The molecule has 9 N–H and O–H groups in total. The first-order valence-corrected chi connectivity index (χ1v) is 23.1. The highest BCUT2D eigenvalue weighted by Gasteiger charge is 2.74. The summed E-state index contributed by atoms with van der Waals surface area (Å²) in [4.78, 5) is 0. The molecule has 6 aliphatic rings. The van der Waals surface area contributed by atoms with Crippen molar-refractivity contribution in [3.8, 4) is 0 Å². The lowest BCUT2D eigenvalue weighted by molar-refractivity contribution is -0.346. The molecule has 0 spiro atoms. The summed E-state index contributed by atoms with van der Waals surface area (Å²) in [6.45, 7) is 10.1. The Morgan fingerprint density at radius 3 is 2.03 bits per heavy atom. The highest BCUT2D eigenvalue weighted by atomic mass is 32.3. The Morgan fingerprint density at radius 1 is 0.733 bits per heavy atom. The van der Waals surface area contributed by atoms with Gasteiger partial charge in [-0.1, -0.05) is 41.0 Å². The molecule has 6 fully saturated rings. The van der Waals surface area contributed by atoms with Gasteiger partial charge in [-0.3, -0.25) is 4.55 Å². The van der Waals surface area contributed by atoms with Crippen LogP contribution in [0, 0.1) is 52.3 Å². The molecule has 350 valence electrons. The molecule has 18 nitrogen and oxygen atoms in total. The van der Waals surface area contributed by atoms with Crippen LogP contribution in [0.5, 0.6) is 0 Å². The van der Waals surface area contributed by atoms with E-state index in [0.29, 0.717) is 32.1 Å². The van der Waals surface area contributed by atoms with Gasteiger partial charge in [0.05, 0.1) is 55.9 Å². The largest absolute Gasteiger partial charge is 0.397 e. The van der Waals surface area contributed by atoms with E-state index in [0.717, 1.165) is 6.42 Å². The molecule has 0 aromatic heterocycles. The van der Waals surface area contributed by atoms with Crippen molar-refractivity contribution in [1.29, 1.82) is 0 Å². The van der Waals surface area contributed by atoms with Gasteiger partial charge < -0.3 is 69.3 Å². The van der Waals surface area contributed by atoms with Gasteiger partial charge in [0, 0.05) is 32.5 Å². The van der Waals surface area contributed by atoms with Crippen LogP contribution >= 0.6 is 0 Å². The number of aliphatic hydroxyl groups excluding tert-OH is 7. The maximum absolute atomic E-state index is 12.9. The lowest BCUT2D eigenvalue weighted by Crippen LogP contribution is -2.71. The van der Waals surface area contributed by atoms with Crippen molar-refractivity contribution in [3.63, 3.8) is 0 Å². The molecule has 4 saturated carbocycles. The lowest BCUT2D eigenvalue weighted by Gasteiger charge is -2.66. The Labute approximate surface area is 353 Å². The summed E-state index contributed by atoms with van der Waals surface area (Å²) in [6.07, 6.45) is -11.8. The number of aliphatic hydroxyl groups is 8. The predicted molar refractivity (Wildman–Crippen MR) is 210 cm³/mol. The van der Waals surface area contributed by atoms with E-state index in [9.17, 15) is 53.8 Å². The van der Waals surface area contributed by atoms with Crippen LogP contribution in [0.3, 0.4) is 0 Å². The Hall–Kier alpha value is -0.690. The van der Waals surface area contributed by atoms with Crippen molar-refractivity contribution in [2.24, 2.45) is 52.3 Å². The Balaban J connectivity index is 1.12. The minimum absolute atomic E-state index is 0.00952. The van der Waals surface area contributed by atoms with E-state index in [-0.39, 0.29) is 50.4 Å².